The molecule has 0 amide bonds. The number of halogens is 1. The van der Waals surface area contributed by atoms with Gasteiger partial charge in [-0.2, -0.15) is 0 Å². The van der Waals surface area contributed by atoms with Gasteiger partial charge in [-0.25, -0.2) is 4.79 Å². The monoisotopic (exact) mass is 240 g/mol. The molecule has 0 aliphatic rings. The van der Waals surface area contributed by atoms with E-state index in [4.69, 9.17) is 16.7 Å². The number of carboxylic acid groups (broad SMARTS) is 1. The molecule has 0 aromatic heterocycles. The first kappa shape index (κ1) is 12.3. The molecule has 4 nitrogen and oxygen atoms in total. The van der Waals surface area contributed by atoms with Gasteiger partial charge in [0.2, 0.25) is 0 Å². The van der Waals surface area contributed by atoms with Crippen LogP contribution in [0.3, 0.4) is 0 Å². The van der Waals surface area contributed by atoms with E-state index in [1.165, 1.54) is 6.07 Å². The molecule has 16 heavy (non-hydrogen) atoms. The predicted octanol–water partition coefficient (Wildman–Crippen LogP) is 2.20. The van der Waals surface area contributed by atoms with Crippen molar-refractivity contribution in [1.82, 2.24) is 0 Å². The molecule has 84 valence electrons. The van der Waals surface area contributed by atoms with Crippen LogP contribution in [0.1, 0.15) is 11.1 Å². The normalized spacial score (nSPS) is 11.2. The average molecular weight is 241 g/mol. The van der Waals surface area contributed by atoms with Gasteiger partial charge in [0.1, 0.15) is 5.76 Å². The third kappa shape index (κ3) is 2.84. The molecule has 0 fully saturated rings. The zero-order valence-electron chi connectivity index (χ0n) is 8.40. The van der Waals surface area contributed by atoms with Gasteiger partial charge in [0.05, 0.1) is 0 Å². The van der Waals surface area contributed by atoms with Crippen LogP contribution in [-0.2, 0) is 9.59 Å². The molecular weight excluding hydrogens is 232 g/mol. The van der Waals surface area contributed by atoms with E-state index in [-0.39, 0.29) is 0 Å². The molecule has 0 radical (unpaired) electrons. The highest BCUT2D eigenvalue weighted by Gasteiger charge is 2.10. The smallest absolute Gasteiger partial charge is 0.376 e. The minimum absolute atomic E-state index is 0.344. The lowest BCUT2D eigenvalue weighted by Gasteiger charge is -2.02. The number of hydrogen-bond donors (Lipinski definition) is 2. The third-order valence-electron chi connectivity index (χ3n) is 1.93. The molecule has 0 aliphatic heterocycles. The van der Waals surface area contributed by atoms with Crippen molar-refractivity contribution in [1.29, 1.82) is 0 Å². The minimum Gasteiger partial charge on any atom is -0.507 e. The molecule has 1 rings (SSSR count). The van der Waals surface area contributed by atoms with Crippen LogP contribution < -0.4 is 0 Å². The molecule has 0 saturated heterocycles. The number of aliphatic hydroxyl groups is 1. The number of aliphatic hydroxyl groups excluding tert-OH is 1. The number of rotatable bonds is 3. The summed E-state index contributed by atoms with van der Waals surface area (Å²) in [5.74, 6) is -3.19. The van der Waals surface area contributed by atoms with Crippen LogP contribution in [0.25, 0.3) is 5.76 Å². The minimum atomic E-state index is -1.61. The molecule has 1 aromatic rings. The maximum absolute atomic E-state index is 10.8. The van der Waals surface area contributed by atoms with Crippen molar-refractivity contribution in [2.24, 2.45) is 0 Å². The first-order chi connectivity index (χ1) is 7.41. The molecule has 0 aliphatic carbocycles. The third-order valence-corrected chi connectivity index (χ3v) is 2.36. The molecule has 0 heterocycles. The van der Waals surface area contributed by atoms with Crippen molar-refractivity contribution in [2.75, 3.05) is 0 Å². The number of aliphatic carboxylic acids is 1. The molecule has 0 spiro atoms. The molecule has 1 aromatic carbocycles. The summed E-state index contributed by atoms with van der Waals surface area (Å²) < 4.78 is 0. The van der Waals surface area contributed by atoms with Gasteiger partial charge in [-0.05, 0) is 30.7 Å². The van der Waals surface area contributed by atoms with Gasteiger partial charge >= 0.3 is 5.97 Å². The van der Waals surface area contributed by atoms with E-state index < -0.39 is 17.5 Å². The Bertz CT molecular complexity index is 477. The largest absolute Gasteiger partial charge is 0.507 e. The van der Waals surface area contributed by atoms with Crippen molar-refractivity contribution >= 4 is 29.1 Å². The predicted molar refractivity (Wildman–Crippen MR) is 59.4 cm³/mol. The second-order valence-corrected chi connectivity index (χ2v) is 3.57. The Morgan fingerprint density at radius 2 is 1.94 bits per heavy atom. The van der Waals surface area contributed by atoms with Gasteiger partial charge in [0.15, 0.2) is 0 Å². The van der Waals surface area contributed by atoms with Gasteiger partial charge in [0.25, 0.3) is 5.78 Å². The Morgan fingerprint density at radius 1 is 1.31 bits per heavy atom. The molecule has 2 N–H and O–H groups in total. The van der Waals surface area contributed by atoms with E-state index in [1.807, 2.05) is 0 Å². The number of carbonyl (C=O) groups excluding carboxylic acids is 1. The van der Waals surface area contributed by atoms with E-state index in [2.05, 4.69) is 0 Å². The Balaban J connectivity index is 3.05. The number of hydrogen-bond acceptors (Lipinski definition) is 3. The van der Waals surface area contributed by atoms with Crippen molar-refractivity contribution in [3.63, 3.8) is 0 Å². The number of carbonyl (C=O) groups is 2. The van der Waals surface area contributed by atoms with Crippen LogP contribution in [0.5, 0.6) is 0 Å². The van der Waals surface area contributed by atoms with E-state index in [9.17, 15) is 14.7 Å². The summed E-state index contributed by atoms with van der Waals surface area (Å²) in [6.07, 6.45) is 0.658. The van der Waals surface area contributed by atoms with E-state index in [0.717, 1.165) is 5.56 Å². The Hall–Kier alpha value is -1.81. The number of aryl methyl sites for hydroxylation is 1. The van der Waals surface area contributed by atoms with Gasteiger partial charge < -0.3 is 10.2 Å². The van der Waals surface area contributed by atoms with Crippen LogP contribution in [0, 0.1) is 6.92 Å². The van der Waals surface area contributed by atoms with Crippen molar-refractivity contribution in [2.45, 2.75) is 6.92 Å². The second-order valence-electron chi connectivity index (χ2n) is 3.16. The SMILES string of the molecule is Cc1cc(/C(O)=C/C(=O)C(=O)O)ccc1Cl. The zero-order chi connectivity index (χ0) is 12.3. The van der Waals surface area contributed by atoms with E-state index in [0.29, 0.717) is 16.7 Å². The van der Waals surface area contributed by atoms with Gasteiger partial charge in [-0.15, -0.1) is 0 Å². The highest BCUT2D eigenvalue weighted by molar-refractivity contribution is 6.38. The fourth-order valence-electron chi connectivity index (χ4n) is 1.07. The second kappa shape index (κ2) is 4.81. The summed E-state index contributed by atoms with van der Waals surface area (Å²) >= 11 is 5.78. The fraction of sp³-hybridized carbons (Fsp3) is 0.0909. The van der Waals surface area contributed by atoms with Crippen LogP contribution in [-0.4, -0.2) is 22.0 Å². The lowest BCUT2D eigenvalue weighted by atomic mass is 10.1. The van der Waals surface area contributed by atoms with Crippen LogP contribution >= 0.6 is 11.6 Å². The maximum Gasteiger partial charge on any atom is 0.376 e. The first-order valence-corrected chi connectivity index (χ1v) is 4.74. The summed E-state index contributed by atoms with van der Waals surface area (Å²) in [6, 6.07) is 4.61. The summed E-state index contributed by atoms with van der Waals surface area (Å²) in [4.78, 5) is 21.1. The summed E-state index contributed by atoms with van der Waals surface area (Å²) in [5.41, 5.74) is 1.07. The highest BCUT2D eigenvalue weighted by Crippen LogP contribution is 2.20. The van der Waals surface area contributed by atoms with Crippen molar-refractivity contribution in [3.8, 4) is 0 Å². The molecule has 0 saturated carbocycles. The number of ketones is 1. The number of benzene rings is 1. The topological polar surface area (TPSA) is 74.6 Å². The standard InChI is InChI=1S/C11H9ClO4/c1-6-4-7(2-3-8(6)12)9(13)5-10(14)11(15)16/h2-5,13H,1H3,(H,15,16)/b9-5-. The highest BCUT2D eigenvalue weighted by atomic mass is 35.5. The first-order valence-electron chi connectivity index (χ1n) is 4.36. The Kier molecular flexibility index (Phi) is 3.68. The van der Waals surface area contributed by atoms with Crippen molar-refractivity contribution < 1.29 is 19.8 Å². The molecular formula is C11H9ClO4. The molecule has 5 heteroatoms. The van der Waals surface area contributed by atoms with Gasteiger partial charge in [-0.1, -0.05) is 11.6 Å². The molecule has 0 atom stereocenters. The summed E-state index contributed by atoms with van der Waals surface area (Å²) in [7, 11) is 0. The van der Waals surface area contributed by atoms with E-state index in [1.54, 1.807) is 19.1 Å². The fourth-order valence-corrected chi connectivity index (χ4v) is 1.19. The average Bonchev–Trinajstić information content (AvgIpc) is 2.21. The van der Waals surface area contributed by atoms with Crippen LogP contribution in [0.4, 0.5) is 0 Å². The Labute approximate surface area is 96.8 Å². The summed E-state index contributed by atoms with van der Waals surface area (Å²) in [5, 5.41) is 18.4. The molecule has 0 unspecified atom stereocenters. The van der Waals surface area contributed by atoms with Gasteiger partial charge in [-0.3, -0.25) is 4.79 Å². The van der Waals surface area contributed by atoms with Gasteiger partial charge in [0, 0.05) is 16.7 Å². The number of carboxylic acids is 1. The molecule has 0 bridgehead atoms. The lowest BCUT2D eigenvalue weighted by molar-refractivity contribution is -0.146. The van der Waals surface area contributed by atoms with Crippen molar-refractivity contribution in [3.05, 3.63) is 40.4 Å². The maximum atomic E-state index is 10.8. The summed E-state index contributed by atoms with van der Waals surface area (Å²) in [6.45, 7) is 1.73. The zero-order valence-corrected chi connectivity index (χ0v) is 9.15. The van der Waals surface area contributed by atoms with E-state index >= 15 is 0 Å². The van der Waals surface area contributed by atoms with Crippen LogP contribution in [0.15, 0.2) is 24.3 Å². The van der Waals surface area contributed by atoms with Crippen LogP contribution in [0.2, 0.25) is 5.02 Å². The Morgan fingerprint density at radius 3 is 2.44 bits per heavy atom. The quantitative estimate of drug-likeness (QED) is 0.483. The lowest BCUT2D eigenvalue weighted by Crippen LogP contribution is -2.09.